The molecule has 1 saturated heterocycles. The van der Waals surface area contributed by atoms with Crippen LogP contribution in [0.5, 0.6) is 0 Å². The summed E-state index contributed by atoms with van der Waals surface area (Å²) >= 11 is 1.65. The molecule has 1 aliphatic heterocycles. The summed E-state index contributed by atoms with van der Waals surface area (Å²) in [5, 5.41) is 4.01. The van der Waals surface area contributed by atoms with E-state index in [0.29, 0.717) is 5.76 Å². The van der Waals surface area contributed by atoms with E-state index >= 15 is 0 Å². The van der Waals surface area contributed by atoms with Gasteiger partial charge < -0.3 is 14.6 Å². The lowest BCUT2D eigenvalue weighted by atomic mass is 9.98. The van der Waals surface area contributed by atoms with E-state index < -0.39 is 0 Å². The molecule has 0 spiro atoms. The Morgan fingerprint density at radius 2 is 1.97 bits per heavy atom. The molecule has 1 fully saturated rings. The van der Waals surface area contributed by atoms with Crippen LogP contribution in [0.4, 0.5) is 5.00 Å². The number of anilines is 1. The molecule has 7 heteroatoms. The van der Waals surface area contributed by atoms with E-state index in [4.69, 9.17) is 4.42 Å². The highest BCUT2D eigenvalue weighted by molar-refractivity contribution is 7.16. The number of pyridine rings is 1. The molecule has 4 rings (SSSR count). The van der Waals surface area contributed by atoms with Gasteiger partial charge in [-0.25, -0.2) is 0 Å². The van der Waals surface area contributed by atoms with Crippen LogP contribution in [0.3, 0.4) is 0 Å². The molecule has 1 atom stereocenters. The largest absolute Gasteiger partial charge is 0.459 e. The van der Waals surface area contributed by atoms with Crippen LogP contribution < -0.4 is 5.32 Å². The first-order valence-corrected chi connectivity index (χ1v) is 11.3. The van der Waals surface area contributed by atoms with Crippen LogP contribution >= 0.6 is 11.3 Å². The number of piperazine rings is 1. The van der Waals surface area contributed by atoms with Gasteiger partial charge in [-0.05, 0) is 48.9 Å². The molecular weight excluding hydrogens is 396 g/mol. The van der Waals surface area contributed by atoms with E-state index in [9.17, 15) is 4.79 Å². The van der Waals surface area contributed by atoms with Crippen molar-refractivity contribution in [2.45, 2.75) is 26.3 Å². The van der Waals surface area contributed by atoms with E-state index in [0.717, 1.165) is 49.7 Å². The number of aryl methyl sites for hydroxylation is 1. The number of nitrogens with one attached hydrogen (secondary N) is 1. The Kier molecular flexibility index (Phi) is 6.62. The number of likely N-dealkylation sites (N-methyl/N-ethyl adjacent to an activating group) is 1. The summed E-state index contributed by atoms with van der Waals surface area (Å²) in [6, 6.07) is 9.91. The van der Waals surface area contributed by atoms with Crippen molar-refractivity contribution in [3.63, 3.8) is 0 Å². The summed E-state index contributed by atoms with van der Waals surface area (Å²) in [5.41, 5.74) is 2.34. The Hall–Kier alpha value is -2.48. The summed E-state index contributed by atoms with van der Waals surface area (Å²) in [4.78, 5) is 23.2. The number of furan rings is 1. The number of amides is 1. The lowest BCUT2D eigenvalue weighted by Crippen LogP contribution is -2.47. The summed E-state index contributed by atoms with van der Waals surface area (Å²) in [6.07, 6.45) is 6.15. The summed E-state index contributed by atoms with van der Waals surface area (Å²) in [6.45, 7) is 9.53. The molecule has 4 heterocycles. The zero-order chi connectivity index (χ0) is 20.9. The van der Waals surface area contributed by atoms with Crippen LogP contribution in [-0.4, -0.2) is 53.4 Å². The molecule has 6 nitrogen and oxygen atoms in total. The number of aromatic nitrogens is 1. The Labute approximate surface area is 181 Å². The molecule has 30 heavy (non-hydrogen) atoms. The second kappa shape index (κ2) is 9.55. The van der Waals surface area contributed by atoms with Gasteiger partial charge in [-0.15, -0.1) is 11.3 Å². The third kappa shape index (κ3) is 4.48. The van der Waals surface area contributed by atoms with Crippen LogP contribution in [0.1, 0.15) is 46.4 Å². The summed E-state index contributed by atoms with van der Waals surface area (Å²) < 4.78 is 5.29. The van der Waals surface area contributed by atoms with Crippen LogP contribution in [0.2, 0.25) is 0 Å². The molecule has 158 valence electrons. The number of thiophene rings is 1. The minimum Gasteiger partial charge on any atom is -0.459 e. The lowest BCUT2D eigenvalue weighted by molar-refractivity contribution is 0.0995. The molecule has 0 aliphatic carbocycles. The van der Waals surface area contributed by atoms with Crippen molar-refractivity contribution in [1.82, 2.24) is 14.8 Å². The lowest BCUT2D eigenvalue weighted by Gasteiger charge is -2.39. The number of rotatable bonds is 7. The maximum atomic E-state index is 12.7. The molecule has 1 unspecified atom stereocenters. The van der Waals surface area contributed by atoms with E-state index in [2.05, 4.69) is 52.1 Å². The first-order chi connectivity index (χ1) is 14.7. The van der Waals surface area contributed by atoms with Crippen molar-refractivity contribution in [2.75, 3.05) is 38.0 Å². The maximum absolute atomic E-state index is 12.7. The number of nitrogens with zero attached hydrogens (tertiary/aromatic N) is 3. The SMILES string of the molecule is CCc1cc(C(c2ccncc2)N2CCN(CC)CC2)c(NC(=O)c2ccco2)s1. The van der Waals surface area contributed by atoms with E-state index in [1.54, 1.807) is 23.5 Å². The summed E-state index contributed by atoms with van der Waals surface area (Å²) in [5.74, 6) is 0.111. The first-order valence-electron chi connectivity index (χ1n) is 10.5. The highest BCUT2D eigenvalue weighted by atomic mass is 32.1. The maximum Gasteiger partial charge on any atom is 0.291 e. The second-order valence-electron chi connectivity index (χ2n) is 7.44. The number of carbonyl (C=O) groups excluding carboxylic acids is 1. The van der Waals surface area contributed by atoms with E-state index in [-0.39, 0.29) is 11.9 Å². The van der Waals surface area contributed by atoms with E-state index in [1.807, 2.05) is 12.4 Å². The van der Waals surface area contributed by atoms with E-state index in [1.165, 1.54) is 16.7 Å². The smallest absolute Gasteiger partial charge is 0.291 e. The molecule has 1 amide bonds. The third-order valence-electron chi connectivity index (χ3n) is 5.67. The van der Waals surface area contributed by atoms with Crippen molar-refractivity contribution in [3.8, 4) is 0 Å². The van der Waals surface area contributed by atoms with Crippen LogP contribution in [0.25, 0.3) is 0 Å². The van der Waals surface area contributed by atoms with Crippen LogP contribution in [-0.2, 0) is 6.42 Å². The number of carbonyl (C=O) groups is 1. The molecule has 0 radical (unpaired) electrons. The van der Waals surface area contributed by atoms with Gasteiger partial charge in [-0.2, -0.15) is 0 Å². The van der Waals surface area contributed by atoms with Gasteiger partial charge in [0.15, 0.2) is 5.76 Å². The molecule has 3 aromatic rings. The van der Waals surface area contributed by atoms with Gasteiger partial charge in [0.2, 0.25) is 0 Å². The molecule has 0 saturated carbocycles. The predicted molar refractivity (Wildman–Crippen MR) is 120 cm³/mol. The minimum absolute atomic E-state index is 0.0791. The van der Waals surface area contributed by atoms with Gasteiger partial charge in [0.1, 0.15) is 5.00 Å². The minimum atomic E-state index is -0.213. The summed E-state index contributed by atoms with van der Waals surface area (Å²) in [7, 11) is 0. The Balaban J connectivity index is 1.69. The third-order valence-corrected chi connectivity index (χ3v) is 6.88. The topological polar surface area (TPSA) is 61.6 Å². The molecule has 3 aromatic heterocycles. The highest BCUT2D eigenvalue weighted by Crippen LogP contribution is 2.39. The molecular formula is C23H28N4O2S. The predicted octanol–water partition coefficient (Wildman–Crippen LogP) is 4.28. The fourth-order valence-corrected chi connectivity index (χ4v) is 5.00. The van der Waals surface area contributed by atoms with Gasteiger partial charge in [-0.1, -0.05) is 13.8 Å². The zero-order valence-electron chi connectivity index (χ0n) is 17.5. The van der Waals surface area contributed by atoms with Crippen molar-refractivity contribution in [2.24, 2.45) is 0 Å². The fraction of sp³-hybridized carbons (Fsp3) is 0.391. The highest BCUT2D eigenvalue weighted by Gasteiger charge is 2.30. The van der Waals surface area contributed by atoms with Gasteiger partial charge >= 0.3 is 0 Å². The monoisotopic (exact) mass is 424 g/mol. The van der Waals surface area contributed by atoms with Crippen molar-refractivity contribution in [3.05, 3.63) is 70.8 Å². The van der Waals surface area contributed by atoms with Gasteiger partial charge in [0.25, 0.3) is 5.91 Å². The van der Waals surface area contributed by atoms with Gasteiger partial charge in [0.05, 0.1) is 12.3 Å². The van der Waals surface area contributed by atoms with Gasteiger partial charge in [-0.3, -0.25) is 14.7 Å². The number of hydrogen-bond donors (Lipinski definition) is 1. The van der Waals surface area contributed by atoms with Crippen molar-refractivity contribution in [1.29, 1.82) is 0 Å². The van der Waals surface area contributed by atoms with Crippen LogP contribution in [0, 0.1) is 0 Å². The Bertz CT molecular complexity index is 947. The second-order valence-corrected chi connectivity index (χ2v) is 8.57. The molecule has 0 aromatic carbocycles. The fourth-order valence-electron chi connectivity index (χ4n) is 3.98. The first kappa shape index (κ1) is 20.8. The van der Waals surface area contributed by atoms with Crippen LogP contribution in [0.15, 0.2) is 53.4 Å². The standard InChI is InChI=1S/C23H28N4O2S/c1-3-18-16-19(23(30-18)25-22(28)20-6-5-15-29-20)21(17-7-9-24-10-8-17)27-13-11-26(4-2)12-14-27/h5-10,15-16,21H,3-4,11-14H2,1-2H3,(H,25,28). The molecule has 0 bridgehead atoms. The molecule has 1 aliphatic rings. The molecule has 1 N–H and O–H groups in total. The Morgan fingerprint density at radius 3 is 2.60 bits per heavy atom. The van der Waals surface area contributed by atoms with Gasteiger partial charge in [0, 0.05) is 49.0 Å². The number of hydrogen-bond acceptors (Lipinski definition) is 6. The normalized spacial score (nSPS) is 16.5. The average Bonchev–Trinajstić information content (AvgIpc) is 3.46. The van der Waals surface area contributed by atoms with Crippen molar-refractivity contribution >= 4 is 22.2 Å². The quantitative estimate of drug-likeness (QED) is 0.613. The average molecular weight is 425 g/mol. The van der Waals surface area contributed by atoms with Crippen molar-refractivity contribution < 1.29 is 9.21 Å². The zero-order valence-corrected chi connectivity index (χ0v) is 18.3. The Morgan fingerprint density at radius 1 is 1.20 bits per heavy atom.